The first kappa shape index (κ1) is 19.2. The summed E-state index contributed by atoms with van der Waals surface area (Å²) in [6.45, 7) is 7.53. The van der Waals surface area contributed by atoms with Gasteiger partial charge in [-0.3, -0.25) is 9.69 Å². The zero-order valence-corrected chi connectivity index (χ0v) is 15.5. The predicted molar refractivity (Wildman–Crippen MR) is 95.4 cm³/mol. The number of β-amino-alcohol motifs (C(OH)–C–C–N with tert-alkyl or cyclic N) is 2. The largest absolute Gasteiger partial charge is 0.389 e. The lowest BCUT2D eigenvalue weighted by molar-refractivity contribution is 0.0572. The fourth-order valence-corrected chi connectivity index (χ4v) is 3.29. The Balaban J connectivity index is 2.11. The minimum atomic E-state index is -0.710. The van der Waals surface area contributed by atoms with Crippen molar-refractivity contribution in [2.45, 2.75) is 39.0 Å². The van der Waals surface area contributed by atoms with Crippen molar-refractivity contribution in [3.8, 4) is 0 Å². The number of benzene rings is 1. The van der Waals surface area contributed by atoms with E-state index in [9.17, 15) is 15.0 Å². The van der Waals surface area contributed by atoms with Crippen LogP contribution in [0.1, 0.15) is 29.8 Å². The molecule has 6 heteroatoms. The molecule has 1 aliphatic heterocycles. The molecule has 1 aliphatic rings. The Bertz CT molecular complexity index is 584. The number of likely N-dealkylation sites (N-methyl/N-ethyl adjacent to an activating group) is 1. The number of hydrogen-bond acceptors (Lipinski definition) is 4. The van der Waals surface area contributed by atoms with Crippen molar-refractivity contribution in [3.63, 3.8) is 0 Å². The minimum absolute atomic E-state index is 0.00835. The van der Waals surface area contributed by atoms with E-state index in [-0.39, 0.29) is 17.9 Å². The molecule has 0 aromatic heterocycles. The number of carbonyl (C=O) groups excluding carboxylic acids is 1. The number of aliphatic hydroxyl groups is 2. The van der Waals surface area contributed by atoms with Crippen molar-refractivity contribution in [2.24, 2.45) is 5.92 Å². The molecule has 1 fully saturated rings. The van der Waals surface area contributed by atoms with Gasteiger partial charge in [-0.1, -0.05) is 25.4 Å². The van der Waals surface area contributed by atoms with E-state index < -0.39 is 12.2 Å². The topological polar surface area (TPSA) is 64.0 Å². The van der Waals surface area contributed by atoms with Crippen molar-refractivity contribution >= 4 is 17.5 Å². The third-order valence-corrected chi connectivity index (χ3v) is 5.20. The quantitative estimate of drug-likeness (QED) is 0.846. The van der Waals surface area contributed by atoms with Gasteiger partial charge in [-0.15, -0.1) is 0 Å². The van der Waals surface area contributed by atoms with Crippen molar-refractivity contribution in [2.75, 3.05) is 26.7 Å². The van der Waals surface area contributed by atoms with Gasteiger partial charge in [0.2, 0.25) is 0 Å². The van der Waals surface area contributed by atoms with E-state index >= 15 is 0 Å². The maximum absolute atomic E-state index is 12.8. The first-order valence-electron chi connectivity index (χ1n) is 8.32. The maximum Gasteiger partial charge on any atom is 0.253 e. The fraction of sp³-hybridized carbons (Fsp3) is 0.611. The predicted octanol–water partition coefficient (Wildman–Crippen LogP) is 1.78. The van der Waals surface area contributed by atoms with Gasteiger partial charge in [0, 0.05) is 43.3 Å². The van der Waals surface area contributed by atoms with Crippen LogP contribution in [0.15, 0.2) is 18.2 Å². The number of aryl methyl sites for hydroxylation is 1. The summed E-state index contributed by atoms with van der Waals surface area (Å²) in [5, 5.41) is 20.1. The third kappa shape index (κ3) is 4.28. The SMILES string of the molecule is Cc1cc(C(=O)N(C)[C@H](CN2C[C@@H](O)[C@H](O)C2)C(C)C)ccc1Cl. The summed E-state index contributed by atoms with van der Waals surface area (Å²) in [5.41, 5.74) is 1.49. The Morgan fingerprint density at radius 1 is 1.33 bits per heavy atom. The van der Waals surface area contributed by atoms with E-state index in [1.54, 1.807) is 24.1 Å². The number of likely N-dealkylation sites (tertiary alicyclic amines) is 1. The Labute approximate surface area is 148 Å². The van der Waals surface area contributed by atoms with Gasteiger partial charge < -0.3 is 15.1 Å². The molecule has 5 nitrogen and oxygen atoms in total. The molecule has 0 aliphatic carbocycles. The lowest BCUT2D eigenvalue weighted by atomic mass is 10.0. The molecule has 2 N–H and O–H groups in total. The van der Waals surface area contributed by atoms with Gasteiger partial charge in [-0.05, 0) is 36.6 Å². The molecule has 0 saturated carbocycles. The minimum Gasteiger partial charge on any atom is -0.389 e. The normalized spacial score (nSPS) is 22.8. The van der Waals surface area contributed by atoms with Gasteiger partial charge in [0.25, 0.3) is 5.91 Å². The second kappa shape index (κ2) is 7.83. The molecular formula is C18H27ClN2O3. The van der Waals surface area contributed by atoms with Crippen molar-refractivity contribution in [1.29, 1.82) is 0 Å². The molecule has 1 saturated heterocycles. The van der Waals surface area contributed by atoms with Crippen molar-refractivity contribution < 1.29 is 15.0 Å². The molecule has 134 valence electrons. The zero-order valence-electron chi connectivity index (χ0n) is 14.7. The van der Waals surface area contributed by atoms with Crippen LogP contribution in [-0.4, -0.2) is 70.9 Å². The molecule has 3 atom stereocenters. The number of halogens is 1. The molecule has 0 unspecified atom stereocenters. The molecule has 1 aromatic rings. The van der Waals surface area contributed by atoms with E-state index in [1.165, 1.54) is 0 Å². The zero-order chi connectivity index (χ0) is 18.0. The molecule has 0 radical (unpaired) electrons. The smallest absolute Gasteiger partial charge is 0.253 e. The number of amides is 1. The van der Waals surface area contributed by atoms with Gasteiger partial charge in [0.05, 0.1) is 12.2 Å². The van der Waals surface area contributed by atoms with E-state index in [4.69, 9.17) is 11.6 Å². The standard InChI is InChI=1S/C18H27ClN2O3/c1-11(2)15(8-21-9-16(22)17(23)10-21)20(4)18(24)13-5-6-14(19)12(3)7-13/h5-7,11,15-17,22-23H,8-10H2,1-4H3/t15-,16-,17-/m1/s1. The lowest BCUT2D eigenvalue weighted by Gasteiger charge is -2.34. The van der Waals surface area contributed by atoms with Gasteiger partial charge in [-0.25, -0.2) is 0 Å². The van der Waals surface area contributed by atoms with E-state index in [0.717, 1.165) is 5.56 Å². The highest BCUT2D eigenvalue weighted by Gasteiger charge is 2.33. The summed E-state index contributed by atoms with van der Waals surface area (Å²) < 4.78 is 0. The van der Waals surface area contributed by atoms with E-state index in [2.05, 4.69) is 13.8 Å². The van der Waals surface area contributed by atoms with Crippen LogP contribution in [0.4, 0.5) is 0 Å². The number of carbonyl (C=O) groups is 1. The second-order valence-corrected chi connectivity index (χ2v) is 7.45. The lowest BCUT2D eigenvalue weighted by Crippen LogP contribution is -2.47. The van der Waals surface area contributed by atoms with Crippen LogP contribution < -0.4 is 0 Å². The van der Waals surface area contributed by atoms with Crippen LogP contribution in [0.5, 0.6) is 0 Å². The summed E-state index contributed by atoms with van der Waals surface area (Å²) >= 11 is 6.04. The summed E-state index contributed by atoms with van der Waals surface area (Å²) in [6.07, 6.45) is -1.42. The Kier molecular flexibility index (Phi) is 6.26. The van der Waals surface area contributed by atoms with Gasteiger partial charge in [-0.2, -0.15) is 0 Å². The number of aliphatic hydroxyl groups excluding tert-OH is 2. The highest BCUT2D eigenvalue weighted by atomic mass is 35.5. The summed E-state index contributed by atoms with van der Waals surface area (Å²) in [7, 11) is 1.81. The fourth-order valence-electron chi connectivity index (χ4n) is 3.17. The second-order valence-electron chi connectivity index (χ2n) is 7.04. The van der Waals surface area contributed by atoms with Crippen LogP contribution in [0.3, 0.4) is 0 Å². The van der Waals surface area contributed by atoms with Crippen LogP contribution >= 0.6 is 11.6 Å². The Hall–Kier alpha value is -1.14. The van der Waals surface area contributed by atoms with Crippen molar-refractivity contribution in [1.82, 2.24) is 9.80 Å². The van der Waals surface area contributed by atoms with Gasteiger partial charge >= 0.3 is 0 Å². The Morgan fingerprint density at radius 3 is 2.42 bits per heavy atom. The highest BCUT2D eigenvalue weighted by Crippen LogP contribution is 2.21. The number of hydrogen-bond donors (Lipinski definition) is 2. The van der Waals surface area contributed by atoms with Gasteiger partial charge in [0.15, 0.2) is 0 Å². The molecule has 0 bridgehead atoms. The van der Waals surface area contributed by atoms with Crippen LogP contribution in [0.2, 0.25) is 5.02 Å². The van der Waals surface area contributed by atoms with E-state index in [1.807, 2.05) is 17.9 Å². The molecule has 1 heterocycles. The van der Waals surface area contributed by atoms with Crippen LogP contribution in [-0.2, 0) is 0 Å². The summed E-state index contributed by atoms with van der Waals surface area (Å²) in [6, 6.07) is 5.29. The molecule has 2 rings (SSSR count). The van der Waals surface area contributed by atoms with Gasteiger partial charge in [0.1, 0.15) is 0 Å². The van der Waals surface area contributed by atoms with Crippen molar-refractivity contribution in [3.05, 3.63) is 34.3 Å². The molecule has 1 aromatic carbocycles. The van der Waals surface area contributed by atoms with Crippen LogP contribution in [0, 0.1) is 12.8 Å². The van der Waals surface area contributed by atoms with E-state index in [0.29, 0.717) is 30.2 Å². The molecular weight excluding hydrogens is 328 g/mol. The average Bonchev–Trinajstić information content (AvgIpc) is 2.84. The third-order valence-electron chi connectivity index (χ3n) is 4.77. The van der Waals surface area contributed by atoms with Crippen LogP contribution in [0.25, 0.3) is 0 Å². The first-order valence-corrected chi connectivity index (χ1v) is 8.70. The summed E-state index contributed by atoms with van der Waals surface area (Å²) in [5.74, 6) is 0.205. The Morgan fingerprint density at radius 2 is 1.92 bits per heavy atom. The number of nitrogens with zero attached hydrogens (tertiary/aromatic N) is 2. The molecule has 1 amide bonds. The number of rotatable bonds is 5. The molecule has 0 spiro atoms. The monoisotopic (exact) mass is 354 g/mol. The summed E-state index contributed by atoms with van der Waals surface area (Å²) in [4.78, 5) is 16.6. The maximum atomic E-state index is 12.8. The molecule has 24 heavy (non-hydrogen) atoms. The first-order chi connectivity index (χ1) is 11.2. The average molecular weight is 355 g/mol. The highest BCUT2D eigenvalue weighted by molar-refractivity contribution is 6.31.